The van der Waals surface area contributed by atoms with Gasteiger partial charge in [0, 0.05) is 0 Å². The molecule has 0 unspecified atom stereocenters. The molecule has 1 aliphatic rings. The van der Waals surface area contributed by atoms with Crippen molar-refractivity contribution < 1.29 is 14.3 Å². The lowest BCUT2D eigenvalue weighted by Gasteiger charge is -2.12. The number of benzene rings is 1. The van der Waals surface area contributed by atoms with Crippen LogP contribution in [0.25, 0.3) is 0 Å². The summed E-state index contributed by atoms with van der Waals surface area (Å²) in [6, 6.07) is 7.33. The lowest BCUT2D eigenvalue weighted by atomic mass is 10.2. The van der Waals surface area contributed by atoms with Crippen molar-refractivity contribution in [1.82, 2.24) is 4.90 Å². The van der Waals surface area contributed by atoms with Gasteiger partial charge in [-0.2, -0.15) is 0 Å². The number of imide groups is 1. The Morgan fingerprint density at radius 1 is 1.31 bits per heavy atom. The molecule has 0 radical (unpaired) electrons. The van der Waals surface area contributed by atoms with Gasteiger partial charge in [-0.3, -0.25) is 14.5 Å². The summed E-state index contributed by atoms with van der Waals surface area (Å²) in [6.07, 6.45) is 0. The topological polar surface area (TPSA) is 46.6 Å². The lowest BCUT2D eigenvalue weighted by Crippen LogP contribution is -2.27. The zero-order valence-corrected chi connectivity index (χ0v) is 9.62. The Balaban J connectivity index is 2.08. The molecule has 0 bridgehead atoms. The predicted octanol–water partition coefficient (Wildman–Crippen LogP) is 1.89. The number of carbonyl (C=O) groups is 2. The molecule has 1 fully saturated rings. The molecule has 5 heteroatoms. The second-order valence-electron chi connectivity index (χ2n) is 3.38. The molecule has 0 atom stereocenters. The summed E-state index contributed by atoms with van der Waals surface area (Å²) in [5.41, 5.74) is 0.921. The van der Waals surface area contributed by atoms with Crippen molar-refractivity contribution in [1.29, 1.82) is 0 Å². The molecule has 16 heavy (non-hydrogen) atoms. The third kappa shape index (κ3) is 2.19. The van der Waals surface area contributed by atoms with Gasteiger partial charge in [-0.1, -0.05) is 23.9 Å². The van der Waals surface area contributed by atoms with Crippen LogP contribution < -0.4 is 4.74 Å². The van der Waals surface area contributed by atoms with Crippen LogP contribution in [0, 0.1) is 0 Å². The summed E-state index contributed by atoms with van der Waals surface area (Å²) in [5.74, 6) is 0.901. The number of thioether (sulfide) groups is 1. The number of ether oxygens (including phenoxy) is 1. The van der Waals surface area contributed by atoms with E-state index < -0.39 is 0 Å². The highest BCUT2D eigenvalue weighted by molar-refractivity contribution is 8.14. The van der Waals surface area contributed by atoms with Crippen molar-refractivity contribution in [3.05, 3.63) is 29.8 Å². The van der Waals surface area contributed by atoms with E-state index in [1.54, 1.807) is 7.11 Å². The van der Waals surface area contributed by atoms with Gasteiger partial charge in [0.1, 0.15) is 5.75 Å². The largest absolute Gasteiger partial charge is 0.497 e. The maximum absolute atomic E-state index is 11.4. The lowest BCUT2D eigenvalue weighted by molar-refractivity contribution is -0.125. The number of hydrogen-bond acceptors (Lipinski definition) is 4. The second kappa shape index (κ2) is 4.57. The Morgan fingerprint density at radius 2 is 2.00 bits per heavy atom. The molecule has 1 aromatic carbocycles. The van der Waals surface area contributed by atoms with Crippen LogP contribution in [0.3, 0.4) is 0 Å². The average Bonchev–Trinajstić information content (AvgIpc) is 2.62. The average molecular weight is 237 g/mol. The molecule has 2 rings (SSSR count). The van der Waals surface area contributed by atoms with Gasteiger partial charge < -0.3 is 4.74 Å². The summed E-state index contributed by atoms with van der Waals surface area (Å²) < 4.78 is 5.03. The molecule has 1 saturated heterocycles. The van der Waals surface area contributed by atoms with Crippen LogP contribution in [-0.4, -0.2) is 28.9 Å². The summed E-state index contributed by atoms with van der Waals surface area (Å²) in [6.45, 7) is 0.342. The van der Waals surface area contributed by atoms with Crippen molar-refractivity contribution in [2.45, 2.75) is 6.54 Å². The molecule has 1 heterocycles. The first-order chi connectivity index (χ1) is 7.70. The van der Waals surface area contributed by atoms with E-state index in [4.69, 9.17) is 4.74 Å². The summed E-state index contributed by atoms with van der Waals surface area (Å²) in [4.78, 5) is 24.0. The standard InChI is InChI=1S/C11H11NO3S/c1-15-9-4-2-8(3-5-9)6-12-10(13)7-16-11(12)14/h2-5H,6-7H2,1H3. The quantitative estimate of drug-likeness (QED) is 0.805. The van der Waals surface area contributed by atoms with Crippen LogP contribution in [0.4, 0.5) is 4.79 Å². The molecule has 1 aromatic rings. The molecule has 0 spiro atoms. The van der Waals surface area contributed by atoms with Crippen molar-refractivity contribution in [2.24, 2.45) is 0 Å². The molecule has 2 amide bonds. The maximum atomic E-state index is 11.4. The van der Waals surface area contributed by atoms with Gasteiger partial charge in [-0.05, 0) is 17.7 Å². The highest BCUT2D eigenvalue weighted by Gasteiger charge is 2.29. The summed E-state index contributed by atoms with van der Waals surface area (Å²) in [5, 5.41) is -0.166. The third-order valence-electron chi connectivity index (χ3n) is 2.34. The monoisotopic (exact) mass is 237 g/mol. The van der Waals surface area contributed by atoms with Crippen LogP contribution in [0.15, 0.2) is 24.3 Å². The summed E-state index contributed by atoms with van der Waals surface area (Å²) in [7, 11) is 1.60. The molecular formula is C11H11NO3S. The van der Waals surface area contributed by atoms with E-state index in [1.165, 1.54) is 4.90 Å². The van der Waals surface area contributed by atoms with Gasteiger partial charge >= 0.3 is 0 Å². The smallest absolute Gasteiger partial charge is 0.289 e. The Hall–Kier alpha value is -1.49. The molecule has 84 valence electrons. The SMILES string of the molecule is COc1ccc(CN2C(=O)CSC2=O)cc1. The van der Waals surface area contributed by atoms with E-state index in [-0.39, 0.29) is 16.9 Å². The fourth-order valence-electron chi connectivity index (χ4n) is 1.45. The molecule has 4 nitrogen and oxygen atoms in total. The minimum absolute atomic E-state index is 0.120. The van der Waals surface area contributed by atoms with Gasteiger partial charge in [0.15, 0.2) is 0 Å². The van der Waals surface area contributed by atoms with E-state index in [2.05, 4.69) is 0 Å². The fourth-order valence-corrected chi connectivity index (χ4v) is 2.17. The van der Waals surface area contributed by atoms with Crippen LogP contribution in [-0.2, 0) is 11.3 Å². The molecule has 0 saturated carbocycles. The Morgan fingerprint density at radius 3 is 2.50 bits per heavy atom. The maximum Gasteiger partial charge on any atom is 0.289 e. The van der Waals surface area contributed by atoms with Gasteiger partial charge in [0.05, 0.1) is 19.4 Å². The van der Waals surface area contributed by atoms with Crippen molar-refractivity contribution in [3.63, 3.8) is 0 Å². The highest BCUT2D eigenvalue weighted by Crippen LogP contribution is 2.22. The van der Waals surface area contributed by atoms with Crippen molar-refractivity contribution in [3.8, 4) is 5.75 Å². The predicted molar refractivity (Wildman–Crippen MR) is 61.4 cm³/mol. The number of amides is 2. The van der Waals surface area contributed by atoms with E-state index in [0.29, 0.717) is 6.54 Å². The van der Waals surface area contributed by atoms with E-state index in [9.17, 15) is 9.59 Å². The molecule has 0 aromatic heterocycles. The molecule has 0 aliphatic carbocycles. The number of methoxy groups -OCH3 is 1. The highest BCUT2D eigenvalue weighted by atomic mass is 32.2. The molecule has 1 aliphatic heterocycles. The Labute approximate surface area is 97.6 Å². The Kier molecular flexibility index (Phi) is 3.14. The van der Waals surface area contributed by atoms with E-state index in [1.807, 2.05) is 24.3 Å². The van der Waals surface area contributed by atoms with Crippen molar-refractivity contribution >= 4 is 22.9 Å². The first-order valence-electron chi connectivity index (χ1n) is 4.81. The number of hydrogen-bond donors (Lipinski definition) is 0. The summed E-state index contributed by atoms with van der Waals surface area (Å²) >= 11 is 1.05. The number of carbonyl (C=O) groups excluding carboxylic acids is 2. The third-order valence-corrected chi connectivity index (χ3v) is 3.20. The second-order valence-corrected chi connectivity index (χ2v) is 4.31. The number of nitrogens with zero attached hydrogens (tertiary/aromatic N) is 1. The van der Waals surface area contributed by atoms with Crippen LogP contribution in [0.5, 0.6) is 5.75 Å². The Bertz CT molecular complexity index is 400. The zero-order valence-electron chi connectivity index (χ0n) is 8.80. The van der Waals surface area contributed by atoms with Crippen LogP contribution in [0.1, 0.15) is 5.56 Å². The van der Waals surface area contributed by atoms with Gasteiger partial charge in [-0.25, -0.2) is 0 Å². The zero-order chi connectivity index (χ0) is 11.5. The molecular weight excluding hydrogens is 226 g/mol. The van der Waals surface area contributed by atoms with Crippen LogP contribution >= 0.6 is 11.8 Å². The van der Waals surface area contributed by atoms with Gasteiger partial charge in [0.2, 0.25) is 5.91 Å². The fraction of sp³-hybridized carbons (Fsp3) is 0.273. The van der Waals surface area contributed by atoms with Crippen molar-refractivity contribution in [2.75, 3.05) is 12.9 Å². The molecule has 0 N–H and O–H groups in total. The minimum Gasteiger partial charge on any atom is -0.497 e. The first kappa shape index (κ1) is 11.0. The number of rotatable bonds is 3. The van der Waals surface area contributed by atoms with Crippen LogP contribution in [0.2, 0.25) is 0 Å². The normalized spacial score (nSPS) is 15.7. The van der Waals surface area contributed by atoms with Gasteiger partial charge in [0.25, 0.3) is 5.24 Å². The minimum atomic E-state index is -0.166. The first-order valence-corrected chi connectivity index (χ1v) is 5.79. The van der Waals surface area contributed by atoms with E-state index in [0.717, 1.165) is 23.1 Å². The van der Waals surface area contributed by atoms with Gasteiger partial charge in [-0.15, -0.1) is 0 Å². The van der Waals surface area contributed by atoms with E-state index >= 15 is 0 Å².